The van der Waals surface area contributed by atoms with Crippen LogP contribution in [-0.4, -0.2) is 46.1 Å². The lowest BCUT2D eigenvalue weighted by molar-refractivity contribution is -0.137. The second kappa shape index (κ2) is 6.18. The lowest BCUT2D eigenvalue weighted by Gasteiger charge is -2.06. The molecule has 0 saturated heterocycles. The third kappa shape index (κ3) is 4.08. The molecule has 0 atom stereocenters. The highest BCUT2D eigenvalue weighted by Crippen LogP contribution is 2.12. The molecule has 0 aromatic carbocycles. The third-order valence-electron chi connectivity index (χ3n) is 1.89. The van der Waals surface area contributed by atoms with Gasteiger partial charge in [0, 0.05) is 6.20 Å². The Balaban J connectivity index is 2.45. The number of rotatable bonds is 5. The number of aromatic nitrogens is 1. The normalized spacial score (nSPS) is 9.56. The second-order valence-corrected chi connectivity index (χ2v) is 3.25. The average Bonchev–Trinajstić information content (AvgIpc) is 2.34. The summed E-state index contributed by atoms with van der Waals surface area (Å²) in [7, 11) is 0. The Bertz CT molecular complexity index is 474. The van der Waals surface area contributed by atoms with Crippen molar-refractivity contribution in [1.82, 2.24) is 15.6 Å². The van der Waals surface area contributed by atoms with Gasteiger partial charge in [0.2, 0.25) is 5.91 Å². The first-order valence-corrected chi connectivity index (χ1v) is 4.90. The molecule has 0 spiro atoms. The van der Waals surface area contributed by atoms with Crippen molar-refractivity contribution in [3.8, 4) is 5.75 Å². The minimum absolute atomic E-state index is 0.0176. The zero-order valence-corrected chi connectivity index (χ0v) is 9.21. The zero-order valence-electron chi connectivity index (χ0n) is 9.21. The Morgan fingerprint density at radius 3 is 2.56 bits per heavy atom. The Morgan fingerprint density at radius 1 is 1.22 bits per heavy atom. The van der Waals surface area contributed by atoms with Gasteiger partial charge in [-0.15, -0.1) is 0 Å². The number of carboxylic acids is 1. The van der Waals surface area contributed by atoms with Gasteiger partial charge in [0.05, 0.1) is 18.3 Å². The number of pyridine rings is 1. The summed E-state index contributed by atoms with van der Waals surface area (Å²) < 4.78 is 0. The van der Waals surface area contributed by atoms with Crippen LogP contribution in [0.2, 0.25) is 0 Å². The summed E-state index contributed by atoms with van der Waals surface area (Å²) >= 11 is 0. The van der Waals surface area contributed by atoms with Crippen molar-refractivity contribution >= 4 is 17.8 Å². The topological polar surface area (TPSA) is 129 Å². The van der Waals surface area contributed by atoms with Crippen LogP contribution in [0.15, 0.2) is 18.5 Å². The van der Waals surface area contributed by atoms with Crippen LogP contribution in [0, 0.1) is 0 Å². The van der Waals surface area contributed by atoms with E-state index in [1.165, 1.54) is 12.3 Å². The van der Waals surface area contributed by atoms with Crippen LogP contribution in [0.5, 0.6) is 5.75 Å². The molecule has 4 N–H and O–H groups in total. The fraction of sp³-hybridized carbons (Fsp3) is 0.200. The van der Waals surface area contributed by atoms with Crippen molar-refractivity contribution in [3.63, 3.8) is 0 Å². The van der Waals surface area contributed by atoms with Crippen molar-refractivity contribution in [2.45, 2.75) is 0 Å². The summed E-state index contributed by atoms with van der Waals surface area (Å²) in [6.07, 6.45) is 2.42. The van der Waals surface area contributed by atoms with E-state index < -0.39 is 24.3 Å². The lowest BCUT2D eigenvalue weighted by atomic mass is 10.2. The number of carbonyl (C=O) groups is 3. The fourth-order valence-electron chi connectivity index (χ4n) is 1.07. The molecule has 1 heterocycles. The minimum atomic E-state index is -1.18. The zero-order chi connectivity index (χ0) is 13.5. The number of carbonyl (C=O) groups excluding carboxylic acids is 2. The smallest absolute Gasteiger partial charge is 0.322 e. The Labute approximate surface area is 102 Å². The molecule has 1 rings (SSSR count). The van der Waals surface area contributed by atoms with E-state index >= 15 is 0 Å². The van der Waals surface area contributed by atoms with Crippen LogP contribution in [0.1, 0.15) is 10.4 Å². The molecule has 1 aromatic heterocycles. The van der Waals surface area contributed by atoms with E-state index in [0.717, 1.165) is 6.20 Å². The molecule has 8 heteroatoms. The highest BCUT2D eigenvalue weighted by molar-refractivity contribution is 5.98. The van der Waals surface area contributed by atoms with Gasteiger partial charge in [0.1, 0.15) is 12.3 Å². The van der Waals surface area contributed by atoms with Gasteiger partial charge in [0.25, 0.3) is 5.91 Å². The number of amides is 2. The second-order valence-electron chi connectivity index (χ2n) is 3.25. The molecular formula is C10H11N3O5. The molecule has 0 aliphatic rings. The number of nitrogens with one attached hydrogen (secondary N) is 2. The maximum Gasteiger partial charge on any atom is 0.322 e. The lowest BCUT2D eigenvalue weighted by Crippen LogP contribution is -2.39. The number of aliphatic carboxylic acids is 1. The van der Waals surface area contributed by atoms with Gasteiger partial charge in [0.15, 0.2) is 0 Å². The van der Waals surface area contributed by atoms with Gasteiger partial charge in [-0.2, -0.15) is 0 Å². The molecule has 18 heavy (non-hydrogen) atoms. The van der Waals surface area contributed by atoms with Crippen LogP contribution in [0.4, 0.5) is 0 Å². The standard InChI is InChI=1S/C10H11N3O5/c14-7-3-11-2-1-6(7)10(18)13-4-8(15)12-5-9(16)17/h1-3,14H,4-5H2,(H,12,15)(H,13,18)(H,16,17). The fourth-order valence-corrected chi connectivity index (χ4v) is 1.07. The molecule has 0 fully saturated rings. The van der Waals surface area contributed by atoms with Crippen LogP contribution in [0.25, 0.3) is 0 Å². The van der Waals surface area contributed by atoms with Crippen LogP contribution >= 0.6 is 0 Å². The van der Waals surface area contributed by atoms with Crippen LogP contribution in [-0.2, 0) is 9.59 Å². The summed E-state index contributed by atoms with van der Waals surface area (Å²) in [4.78, 5) is 36.4. The first kappa shape index (κ1) is 13.4. The summed E-state index contributed by atoms with van der Waals surface area (Å²) in [5, 5.41) is 21.9. The van der Waals surface area contributed by atoms with Crippen molar-refractivity contribution in [1.29, 1.82) is 0 Å². The summed E-state index contributed by atoms with van der Waals surface area (Å²) in [5.74, 6) is -2.78. The molecule has 0 aliphatic carbocycles. The van der Waals surface area contributed by atoms with Gasteiger partial charge < -0.3 is 20.8 Å². The molecule has 8 nitrogen and oxygen atoms in total. The largest absolute Gasteiger partial charge is 0.505 e. The van der Waals surface area contributed by atoms with E-state index in [2.05, 4.69) is 15.6 Å². The molecule has 2 amide bonds. The summed E-state index contributed by atoms with van der Waals surface area (Å²) in [6, 6.07) is 1.29. The Kier molecular flexibility index (Phi) is 4.61. The first-order chi connectivity index (χ1) is 8.50. The molecule has 1 aromatic rings. The highest BCUT2D eigenvalue weighted by atomic mass is 16.4. The van der Waals surface area contributed by atoms with Gasteiger partial charge in [-0.25, -0.2) is 0 Å². The van der Waals surface area contributed by atoms with Crippen molar-refractivity contribution in [3.05, 3.63) is 24.0 Å². The molecule has 0 bridgehead atoms. The first-order valence-electron chi connectivity index (χ1n) is 4.90. The van der Waals surface area contributed by atoms with E-state index in [0.29, 0.717) is 0 Å². The highest BCUT2D eigenvalue weighted by Gasteiger charge is 2.12. The minimum Gasteiger partial charge on any atom is -0.505 e. The molecule has 0 saturated carbocycles. The maximum absolute atomic E-state index is 11.5. The summed E-state index contributed by atoms with van der Waals surface area (Å²) in [5.41, 5.74) is -0.0176. The van der Waals surface area contributed by atoms with E-state index in [4.69, 9.17) is 5.11 Å². The summed E-state index contributed by atoms with van der Waals surface area (Å²) in [6.45, 7) is -0.900. The Morgan fingerprint density at radius 2 is 1.94 bits per heavy atom. The van der Waals surface area contributed by atoms with E-state index in [1.807, 2.05) is 0 Å². The SMILES string of the molecule is O=C(O)CNC(=O)CNC(=O)c1ccncc1O. The van der Waals surface area contributed by atoms with Crippen molar-refractivity contribution < 1.29 is 24.6 Å². The van der Waals surface area contributed by atoms with E-state index in [9.17, 15) is 19.5 Å². The maximum atomic E-state index is 11.5. The number of carboxylic acid groups (broad SMARTS) is 1. The molecule has 96 valence electrons. The van der Waals surface area contributed by atoms with Crippen molar-refractivity contribution in [2.75, 3.05) is 13.1 Å². The van der Waals surface area contributed by atoms with Gasteiger partial charge >= 0.3 is 5.97 Å². The molecule has 0 radical (unpaired) electrons. The Hall–Kier alpha value is -2.64. The number of hydrogen-bond donors (Lipinski definition) is 4. The van der Waals surface area contributed by atoms with Gasteiger partial charge in [-0.1, -0.05) is 0 Å². The third-order valence-corrected chi connectivity index (χ3v) is 1.89. The monoisotopic (exact) mass is 253 g/mol. The predicted molar refractivity (Wildman–Crippen MR) is 58.9 cm³/mol. The van der Waals surface area contributed by atoms with Crippen LogP contribution < -0.4 is 10.6 Å². The van der Waals surface area contributed by atoms with Crippen LogP contribution in [0.3, 0.4) is 0 Å². The van der Waals surface area contributed by atoms with Gasteiger partial charge in [-0.3, -0.25) is 19.4 Å². The molecule has 0 unspecified atom stereocenters. The average molecular weight is 253 g/mol. The van der Waals surface area contributed by atoms with Crippen molar-refractivity contribution in [2.24, 2.45) is 0 Å². The number of aromatic hydroxyl groups is 1. The molecule has 0 aliphatic heterocycles. The van der Waals surface area contributed by atoms with E-state index in [1.54, 1.807) is 0 Å². The quantitative estimate of drug-likeness (QED) is 0.517. The predicted octanol–water partition coefficient (Wildman–Crippen LogP) is -1.28. The van der Waals surface area contributed by atoms with Gasteiger partial charge in [-0.05, 0) is 6.07 Å². The molecular weight excluding hydrogens is 242 g/mol. The number of hydrogen-bond acceptors (Lipinski definition) is 5. The number of nitrogens with zero attached hydrogens (tertiary/aromatic N) is 1. The van der Waals surface area contributed by atoms with E-state index in [-0.39, 0.29) is 17.9 Å².